The molecule has 0 saturated carbocycles. The summed E-state index contributed by atoms with van der Waals surface area (Å²) in [6, 6.07) is 0. The molecular weight excluding hydrogens is 516 g/mol. The van der Waals surface area contributed by atoms with Gasteiger partial charge in [-0.2, -0.15) is 4.37 Å². The Hall–Kier alpha value is 0.0500. The third-order valence-corrected chi connectivity index (χ3v) is 7.80. The van der Waals surface area contributed by atoms with E-state index in [1.165, 1.54) is 75.7 Å². The number of ether oxygens (including phenoxy) is 1. The lowest BCUT2D eigenvalue weighted by Gasteiger charge is -2.33. The van der Waals surface area contributed by atoms with Gasteiger partial charge < -0.3 is 4.74 Å². The fourth-order valence-electron chi connectivity index (χ4n) is 3.38. The maximum Gasteiger partial charge on any atom is 0.188 e. The SMILES string of the molecule is CCCCCCCCOC1C(Br)=c2sncc2=C(Br)N1OCCCCCCCC. The Morgan fingerprint density at radius 2 is 1.48 bits per heavy atom. The van der Waals surface area contributed by atoms with Gasteiger partial charge in [0.25, 0.3) is 0 Å². The van der Waals surface area contributed by atoms with E-state index in [0.29, 0.717) is 6.61 Å². The number of rotatable bonds is 16. The van der Waals surface area contributed by atoms with Crippen LogP contribution in [-0.2, 0) is 9.57 Å². The van der Waals surface area contributed by atoms with Crippen LogP contribution in [0.1, 0.15) is 90.9 Å². The van der Waals surface area contributed by atoms with Crippen molar-refractivity contribution in [2.24, 2.45) is 0 Å². The van der Waals surface area contributed by atoms with Gasteiger partial charge in [0.15, 0.2) is 6.23 Å². The second-order valence-electron chi connectivity index (χ2n) is 7.63. The largest absolute Gasteiger partial charge is 0.351 e. The van der Waals surface area contributed by atoms with Gasteiger partial charge in [-0.15, -0.1) is 0 Å². The minimum Gasteiger partial charge on any atom is -0.351 e. The van der Waals surface area contributed by atoms with E-state index in [-0.39, 0.29) is 6.23 Å². The van der Waals surface area contributed by atoms with E-state index in [4.69, 9.17) is 9.57 Å². The first-order valence-corrected chi connectivity index (χ1v) is 13.6. The zero-order chi connectivity index (χ0) is 20.9. The number of hydrogen-bond donors (Lipinski definition) is 0. The highest BCUT2D eigenvalue weighted by molar-refractivity contribution is 9.15. The van der Waals surface area contributed by atoms with Gasteiger partial charge in [-0.3, -0.25) is 4.84 Å². The summed E-state index contributed by atoms with van der Waals surface area (Å²) in [6.45, 7) is 5.93. The Kier molecular flexibility index (Phi) is 13.1. The van der Waals surface area contributed by atoms with Crippen LogP contribution in [0.2, 0.25) is 0 Å². The van der Waals surface area contributed by atoms with E-state index in [0.717, 1.165) is 38.3 Å². The van der Waals surface area contributed by atoms with Crippen LogP contribution in [0.15, 0.2) is 6.20 Å². The van der Waals surface area contributed by atoms with E-state index in [2.05, 4.69) is 50.1 Å². The number of hydroxylamine groups is 2. The lowest BCUT2D eigenvalue weighted by atomic mass is 10.1. The molecule has 0 spiro atoms. The molecule has 0 fully saturated rings. The molecule has 0 aromatic carbocycles. The lowest BCUT2D eigenvalue weighted by Crippen LogP contribution is -2.45. The number of nitrogens with zero attached hydrogens (tertiary/aromatic N) is 2. The normalized spacial score (nSPS) is 16.6. The van der Waals surface area contributed by atoms with Gasteiger partial charge in [0.1, 0.15) is 4.61 Å². The van der Waals surface area contributed by atoms with Crippen molar-refractivity contribution in [3.05, 3.63) is 15.9 Å². The van der Waals surface area contributed by atoms with Gasteiger partial charge in [-0.05, 0) is 56.2 Å². The van der Waals surface area contributed by atoms with Crippen LogP contribution in [0, 0.1) is 0 Å². The monoisotopic (exact) mass is 550 g/mol. The summed E-state index contributed by atoms with van der Waals surface area (Å²) in [5, 5.41) is 2.94. The summed E-state index contributed by atoms with van der Waals surface area (Å²) < 4.78 is 13.6. The van der Waals surface area contributed by atoms with Crippen LogP contribution >= 0.6 is 43.4 Å². The molecule has 1 unspecified atom stereocenters. The highest BCUT2D eigenvalue weighted by Crippen LogP contribution is 2.29. The summed E-state index contributed by atoms with van der Waals surface area (Å²) in [6.07, 6.45) is 16.7. The Bertz CT molecular complexity index is 639. The van der Waals surface area contributed by atoms with Crippen molar-refractivity contribution in [3.8, 4) is 0 Å². The fourth-order valence-corrected chi connectivity index (χ4v) is 5.55. The van der Waals surface area contributed by atoms with Crippen LogP contribution in [0.4, 0.5) is 0 Å². The molecule has 0 saturated heterocycles. The molecule has 0 amide bonds. The molecule has 2 rings (SSSR count). The summed E-state index contributed by atoms with van der Waals surface area (Å²) in [5.41, 5.74) is 0. The predicted octanol–water partition coefficient (Wildman–Crippen LogP) is 6.42. The minimum atomic E-state index is -0.256. The average Bonchev–Trinajstić information content (AvgIpc) is 3.22. The van der Waals surface area contributed by atoms with Crippen LogP contribution < -0.4 is 9.75 Å². The summed E-state index contributed by atoms with van der Waals surface area (Å²) in [4.78, 5) is 6.17. The van der Waals surface area contributed by atoms with E-state index in [1.54, 1.807) is 0 Å². The van der Waals surface area contributed by atoms with Gasteiger partial charge >= 0.3 is 0 Å². The maximum atomic E-state index is 6.27. The van der Waals surface area contributed by atoms with Gasteiger partial charge in [-0.1, -0.05) is 78.1 Å². The molecule has 1 aromatic heterocycles. The van der Waals surface area contributed by atoms with E-state index >= 15 is 0 Å². The first-order valence-electron chi connectivity index (χ1n) is 11.2. The topological polar surface area (TPSA) is 34.6 Å². The molecule has 4 nitrogen and oxygen atoms in total. The number of hydrogen-bond acceptors (Lipinski definition) is 5. The number of aromatic nitrogens is 1. The molecule has 7 heteroatoms. The molecule has 0 N–H and O–H groups in total. The van der Waals surface area contributed by atoms with Gasteiger partial charge in [-0.25, -0.2) is 5.06 Å². The van der Waals surface area contributed by atoms with Crippen molar-refractivity contribution >= 4 is 52.5 Å². The van der Waals surface area contributed by atoms with Crippen molar-refractivity contribution in [1.82, 2.24) is 9.44 Å². The minimum absolute atomic E-state index is 0.256. The fraction of sp³-hybridized carbons (Fsp3) is 0.773. The van der Waals surface area contributed by atoms with Crippen molar-refractivity contribution < 1.29 is 9.57 Å². The average molecular weight is 552 g/mol. The summed E-state index contributed by atoms with van der Waals surface area (Å²) in [7, 11) is 0. The standard InChI is InChI=1S/C22H36Br2N2O2S/c1-3-5-7-9-11-13-15-27-22-19(23)20-18(17-25-29-20)21(24)26(22)28-16-14-12-10-8-6-4-2/h17,22H,3-16H2,1-2H3. The van der Waals surface area contributed by atoms with Crippen LogP contribution in [0.5, 0.6) is 0 Å². The highest BCUT2D eigenvalue weighted by atomic mass is 79.9. The lowest BCUT2D eigenvalue weighted by molar-refractivity contribution is -0.190. The van der Waals surface area contributed by atoms with E-state index in [1.807, 2.05) is 11.3 Å². The maximum absolute atomic E-state index is 6.27. The van der Waals surface area contributed by atoms with Crippen LogP contribution in [0.3, 0.4) is 0 Å². The van der Waals surface area contributed by atoms with Gasteiger partial charge in [0.05, 0.1) is 21.8 Å². The molecule has 0 radical (unpaired) electrons. The zero-order valence-corrected chi connectivity index (χ0v) is 21.9. The second-order valence-corrected chi connectivity index (χ2v) is 10.0. The summed E-state index contributed by atoms with van der Waals surface area (Å²) >= 11 is 8.97. The van der Waals surface area contributed by atoms with E-state index < -0.39 is 0 Å². The van der Waals surface area contributed by atoms with Crippen LogP contribution in [-0.4, -0.2) is 28.9 Å². The van der Waals surface area contributed by atoms with Gasteiger partial charge in [0, 0.05) is 11.8 Å². The molecule has 1 aromatic rings. The Morgan fingerprint density at radius 1 is 0.897 bits per heavy atom. The number of fused-ring (bicyclic) bond motifs is 1. The van der Waals surface area contributed by atoms with E-state index in [9.17, 15) is 0 Å². The molecular formula is C22H36Br2N2O2S. The second kappa shape index (κ2) is 15.0. The molecule has 0 aliphatic carbocycles. The Balaban J connectivity index is 1.88. The third kappa shape index (κ3) is 8.24. The van der Waals surface area contributed by atoms with Crippen molar-refractivity contribution in [2.75, 3.05) is 13.2 Å². The predicted molar refractivity (Wildman–Crippen MR) is 130 cm³/mol. The molecule has 0 bridgehead atoms. The molecule has 1 atom stereocenters. The quantitative estimate of drug-likeness (QED) is 0.175. The van der Waals surface area contributed by atoms with Crippen molar-refractivity contribution in [2.45, 2.75) is 97.1 Å². The number of halogens is 2. The highest BCUT2D eigenvalue weighted by Gasteiger charge is 2.30. The van der Waals surface area contributed by atoms with Crippen molar-refractivity contribution in [1.29, 1.82) is 0 Å². The molecule has 29 heavy (non-hydrogen) atoms. The molecule has 2 heterocycles. The smallest absolute Gasteiger partial charge is 0.188 e. The molecule has 1 aliphatic heterocycles. The van der Waals surface area contributed by atoms with Gasteiger partial charge in [0.2, 0.25) is 0 Å². The first kappa shape index (κ1) is 25.3. The zero-order valence-electron chi connectivity index (χ0n) is 17.9. The molecule has 1 aliphatic rings. The van der Waals surface area contributed by atoms with Crippen molar-refractivity contribution in [3.63, 3.8) is 0 Å². The van der Waals surface area contributed by atoms with Crippen LogP contribution in [0.25, 0.3) is 9.09 Å². The first-order chi connectivity index (χ1) is 14.2. The Morgan fingerprint density at radius 3 is 2.14 bits per heavy atom. The summed E-state index contributed by atoms with van der Waals surface area (Å²) in [5.74, 6) is 0. The Labute approximate surface area is 197 Å². The third-order valence-electron chi connectivity index (χ3n) is 5.13. The number of unbranched alkanes of at least 4 members (excludes halogenated alkanes) is 10. The molecule has 166 valence electrons.